The highest BCUT2D eigenvalue weighted by Gasteiger charge is 2.35. The minimum Gasteiger partial charge on any atom is -0.444 e. The number of ether oxygens (including phenoxy) is 2. The molecule has 8 nitrogen and oxygen atoms in total. The van der Waals surface area contributed by atoms with Crippen molar-refractivity contribution in [3.8, 4) is 0 Å². The molecule has 3 aliphatic rings. The van der Waals surface area contributed by atoms with Gasteiger partial charge >= 0.3 is 12.2 Å². The molecule has 2 fully saturated rings. The molecule has 0 aromatic heterocycles. The zero-order valence-corrected chi connectivity index (χ0v) is 30.8. The average Bonchev–Trinajstić information content (AvgIpc) is 3.57. The van der Waals surface area contributed by atoms with Crippen LogP contribution in [0.5, 0.6) is 0 Å². The summed E-state index contributed by atoms with van der Waals surface area (Å²) in [5.41, 5.74) is 2.72. The van der Waals surface area contributed by atoms with E-state index in [2.05, 4.69) is 33.0 Å². The number of carbonyl (C=O) groups excluding carboxylic acids is 3. The van der Waals surface area contributed by atoms with Crippen LogP contribution in [0.15, 0.2) is 72.6 Å². The lowest BCUT2D eigenvalue weighted by Crippen LogP contribution is -2.51. The molecule has 0 saturated carbocycles. The van der Waals surface area contributed by atoms with Crippen LogP contribution in [0.2, 0.25) is 0 Å². The Morgan fingerprint density at radius 2 is 1.26 bits per heavy atom. The van der Waals surface area contributed by atoms with Crippen molar-refractivity contribution in [2.24, 2.45) is 0 Å². The third kappa shape index (κ3) is 13.7. The van der Waals surface area contributed by atoms with E-state index in [0.717, 1.165) is 43.4 Å². The van der Waals surface area contributed by atoms with E-state index < -0.39 is 23.3 Å². The van der Waals surface area contributed by atoms with E-state index in [1.54, 1.807) is 9.80 Å². The molecular formula is C38H54BrN3O5. The molecule has 2 saturated heterocycles. The van der Waals surface area contributed by atoms with Gasteiger partial charge in [0.05, 0.1) is 6.04 Å². The monoisotopic (exact) mass is 711 g/mol. The van der Waals surface area contributed by atoms with E-state index >= 15 is 0 Å². The van der Waals surface area contributed by atoms with Crippen LogP contribution in [0.25, 0.3) is 0 Å². The van der Waals surface area contributed by atoms with E-state index in [0.29, 0.717) is 25.8 Å². The van der Waals surface area contributed by atoms with Gasteiger partial charge in [-0.25, -0.2) is 9.59 Å². The minimum atomic E-state index is -0.547. The number of halogens is 1. The number of carbonyl (C=O) groups is 3. The van der Waals surface area contributed by atoms with Gasteiger partial charge in [-0.3, -0.25) is 14.6 Å². The number of allylic oxidation sites excluding steroid dienone is 1. The van der Waals surface area contributed by atoms with Crippen molar-refractivity contribution in [1.29, 1.82) is 0 Å². The van der Waals surface area contributed by atoms with Crippen LogP contribution in [0, 0.1) is 0 Å². The number of rotatable bonds is 4. The molecule has 2 amide bonds. The standard InChI is InChI=1S/C17H23NO3.C14H24N2O2.C7H7Br/c1-17(2,3)21-16(20)18-11-7-10-15(19)14(18)12-13-8-5-4-6-9-13;1-14(2,3)18-13(17)16-10-6-7-12(11-16)15-8-4-5-9-15;8-6-7-4-2-1-3-5-7/h4-6,8-9,14H,7,10-12H2,1-3H3;11H,4-10H2,1-3H3;1-5H,6H2. The van der Waals surface area contributed by atoms with Crippen LogP contribution in [0.4, 0.5) is 9.59 Å². The molecule has 258 valence electrons. The Bertz CT molecular complexity index is 1300. The van der Waals surface area contributed by atoms with Crippen molar-refractivity contribution in [3.63, 3.8) is 0 Å². The van der Waals surface area contributed by atoms with Crippen LogP contribution < -0.4 is 0 Å². The second-order valence-corrected chi connectivity index (χ2v) is 14.7. The smallest absolute Gasteiger partial charge is 0.414 e. The molecule has 0 radical (unpaired) electrons. The van der Waals surface area contributed by atoms with Gasteiger partial charge in [0.2, 0.25) is 0 Å². The quantitative estimate of drug-likeness (QED) is 0.295. The predicted molar refractivity (Wildman–Crippen MR) is 191 cm³/mol. The number of likely N-dealkylation sites (tertiary alicyclic amines) is 2. The summed E-state index contributed by atoms with van der Waals surface area (Å²) in [6, 6.07) is 19.7. The molecule has 5 rings (SSSR count). The molecule has 0 N–H and O–H groups in total. The van der Waals surface area contributed by atoms with Crippen LogP contribution in [0.3, 0.4) is 0 Å². The number of hydrogen-bond acceptors (Lipinski definition) is 6. The third-order valence-electron chi connectivity index (χ3n) is 7.74. The zero-order chi connectivity index (χ0) is 34.5. The van der Waals surface area contributed by atoms with Gasteiger partial charge in [-0.1, -0.05) is 76.6 Å². The summed E-state index contributed by atoms with van der Waals surface area (Å²) in [5.74, 6) is 0.121. The zero-order valence-electron chi connectivity index (χ0n) is 29.2. The van der Waals surface area contributed by atoms with Crippen molar-refractivity contribution in [2.75, 3.05) is 26.2 Å². The van der Waals surface area contributed by atoms with Gasteiger partial charge < -0.3 is 14.4 Å². The van der Waals surface area contributed by atoms with Crippen LogP contribution in [-0.4, -0.2) is 76.1 Å². The number of benzene rings is 2. The van der Waals surface area contributed by atoms with E-state index in [-0.39, 0.29) is 11.9 Å². The fourth-order valence-electron chi connectivity index (χ4n) is 5.54. The Morgan fingerprint density at radius 1 is 0.723 bits per heavy atom. The van der Waals surface area contributed by atoms with Crippen molar-refractivity contribution in [3.05, 3.63) is 83.7 Å². The fourth-order valence-corrected chi connectivity index (χ4v) is 5.91. The molecule has 0 aliphatic carbocycles. The normalized spacial score (nSPS) is 18.3. The summed E-state index contributed by atoms with van der Waals surface area (Å²) < 4.78 is 10.8. The van der Waals surface area contributed by atoms with Crippen molar-refractivity contribution in [1.82, 2.24) is 14.7 Å². The summed E-state index contributed by atoms with van der Waals surface area (Å²) in [4.78, 5) is 42.3. The predicted octanol–water partition coefficient (Wildman–Crippen LogP) is 8.73. The molecule has 1 atom stereocenters. The number of ketones is 1. The lowest BCUT2D eigenvalue weighted by Gasteiger charge is -2.35. The van der Waals surface area contributed by atoms with E-state index in [1.807, 2.05) is 96.3 Å². The van der Waals surface area contributed by atoms with Gasteiger partial charge in [0, 0.05) is 56.2 Å². The first-order valence-electron chi connectivity index (χ1n) is 16.9. The Balaban J connectivity index is 0.000000209. The van der Waals surface area contributed by atoms with Crippen molar-refractivity contribution in [2.45, 2.75) is 109 Å². The first kappa shape index (κ1) is 38.1. The highest BCUT2D eigenvalue weighted by Crippen LogP contribution is 2.24. The molecule has 9 heteroatoms. The van der Waals surface area contributed by atoms with E-state index in [9.17, 15) is 14.4 Å². The van der Waals surface area contributed by atoms with Crippen LogP contribution in [0.1, 0.15) is 91.2 Å². The summed E-state index contributed by atoms with van der Waals surface area (Å²) in [6.07, 6.45) is 7.83. The second kappa shape index (κ2) is 18.3. The van der Waals surface area contributed by atoms with Crippen molar-refractivity contribution < 1.29 is 23.9 Å². The van der Waals surface area contributed by atoms with Gasteiger partial charge in [-0.15, -0.1) is 0 Å². The molecular weight excluding hydrogens is 658 g/mol. The Morgan fingerprint density at radius 3 is 1.79 bits per heavy atom. The molecule has 0 spiro atoms. The number of amides is 2. The minimum absolute atomic E-state index is 0.121. The Hall–Kier alpha value is -3.33. The summed E-state index contributed by atoms with van der Waals surface area (Å²) >= 11 is 3.36. The number of Topliss-reactive ketones (excluding diaryl/α,β-unsaturated/α-hetero) is 1. The fraction of sp³-hybridized carbons (Fsp3) is 0.553. The average molecular weight is 713 g/mol. The first-order chi connectivity index (χ1) is 22.3. The van der Waals surface area contributed by atoms with Gasteiger partial charge in [0.25, 0.3) is 0 Å². The number of piperidine rings is 1. The molecule has 1 unspecified atom stereocenters. The molecule has 2 aromatic rings. The Labute approximate surface area is 290 Å². The maximum absolute atomic E-state index is 12.3. The van der Waals surface area contributed by atoms with Gasteiger partial charge in [0.15, 0.2) is 5.78 Å². The third-order valence-corrected chi connectivity index (χ3v) is 8.39. The van der Waals surface area contributed by atoms with Crippen LogP contribution >= 0.6 is 15.9 Å². The first-order valence-corrected chi connectivity index (χ1v) is 18.0. The summed E-state index contributed by atoms with van der Waals surface area (Å²) in [5, 5.41) is 0.952. The number of hydrogen-bond donors (Lipinski definition) is 0. The lowest BCUT2D eigenvalue weighted by molar-refractivity contribution is -0.126. The lowest BCUT2D eigenvalue weighted by atomic mass is 9.95. The number of alkyl halides is 1. The van der Waals surface area contributed by atoms with Crippen molar-refractivity contribution >= 4 is 33.9 Å². The maximum atomic E-state index is 12.3. The molecule has 2 aromatic carbocycles. The second-order valence-electron chi connectivity index (χ2n) is 14.2. The molecule has 47 heavy (non-hydrogen) atoms. The van der Waals surface area contributed by atoms with Gasteiger partial charge in [-0.05, 0) is 84.8 Å². The van der Waals surface area contributed by atoms with Gasteiger partial charge in [-0.2, -0.15) is 0 Å². The number of nitrogens with zero attached hydrogens (tertiary/aromatic N) is 3. The molecule has 0 bridgehead atoms. The highest BCUT2D eigenvalue weighted by atomic mass is 79.9. The van der Waals surface area contributed by atoms with E-state index in [1.165, 1.54) is 24.1 Å². The summed E-state index contributed by atoms with van der Waals surface area (Å²) in [6.45, 7) is 14.8. The maximum Gasteiger partial charge on any atom is 0.414 e. The largest absolute Gasteiger partial charge is 0.444 e. The highest BCUT2D eigenvalue weighted by molar-refractivity contribution is 9.08. The molecule has 3 heterocycles. The molecule has 3 aliphatic heterocycles. The topological polar surface area (TPSA) is 79.4 Å². The SMILES string of the molecule is BrCc1ccccc1.CC(C)(C)OC(=O)N1C=C(N2CCCC2)CCC1.CC(C)(C)OC(=O)N1CCCC(=O)C1Cc1ccccc1. The van der Waals surface area contributed by atoms with Gasteiger partial charge in [0.1, 0.15) is 11.2 Å². The Kier molecular flexibility index (Phi) is 14.8. The summed E-state index contributed by atoms with van der Waals surface area (Å²) in [7, 11) is 0. The van der Waals surface area contributed by atoms with Crippen LogP contribution in [-0.2, 0) is 26.0 Å². The van der Waals surface area contributed by atoms with E-state index in [4.69, 9.17) is 9.47 Å².